The second kappa shape index (κ2) is 9.59. The molecule has 6 nitrogen and oxygen atoms in total. The van der Waals surface area contributed by atoms with Gasteiger partial charge in [-0.15, -0.1) is 0 Å². The molecule has 0 amide bonds. The molecule has 1 aliphatic rings. The van der Waals surface area contributed by atoms with Crippen LogP contribution in [0, 0.1) is 5.41 Å². The topological polar surface area (TPSA) is 113 Å². The first-order valence-electron chi connectivity index (χ1n) is 9.24. The first kappa shape index (κ1) is 25.2. The standard InChI is InChI=1S/C11H19N2O3S.C7H4F3.CH3.O.Sb/c1-8-2-4-16-10(6-8)9(12)7-11(13)17(15)5-3-14;8-7(9,10)6-4-2-1-3-5-6;;;/h7,10,13-14H,2-6,12H2,1H3;1-2,4-5H;1H3;;/b9-7-,13-11?;;;;. The average molecular weight is 557 g/mol. The first-order valence-corrected chi connectivity index (χ1v) is 16.7. The van der Waals surface area contributed by atoms with Crippen molar-refractivity contribution in [3.8, 4) is 0 Å². The van der Waals surface area contributed by atoms with Gasteiger partial charge in [-0.25, -0.2) is 0 Å². The normalized spacial score (nSPS) is 26.1. The van der Waals surface area contributed by atoms with Crippen LogP contribution in [-0.4, -0.2) is 58.2 Å². The van der Waals surface area contributed by atoms with E-state index in [0.29, 0.717) is 6.42 Å². The van der Waals surface area contributed by atoms with Crippen LogP contribution in [0.1, 0.15) is 25.3 Å². The van der Waals surface area contributed by atoms with Gasteiger partial charge in [-0.3, -0.25) is 0 Å². The number of hydrogen-bond acceptors (Lipinski definition) is 6. The molecule has 0 spiro atoms. The molecule has 4 atom stereocenters. The molecular weight excluding hydrogens is 531 g/mol. The molecule has 0 bridgehead atoms. The van der Waals surface area contributed by atoms with Gasteiger partial charge in [0.15, 0.2) is 0 Å². The molecule has 1 heterocycles. The van der Waals surface area contributed by atoms with Crippen molar-refractivity contribution in [3.05, 3.63) is 41.6 Å². The van der Waals surface area contributed by atoms with Crippen molar-refractivity contribution in [3.63, 3.8) is 0 Å². The Morgan fingerprint density at radius 2 is 2.17 bits per heavy atom. The van der Waals surface area contributed by atoms with Gasteiger partial charge in [-0.1, -0.05) is 0 Å². The van der Waals surface area contributed by atoms with Gasteiger partial charge in [0.05, 0.1) is 0 Å². The van der Waals surface area contributed by atoms with Gasteiger partial charge >= 0.3 is 180 Å². The molecule has 1 saturated heterocycles. The fourth-order valence-electron chi connectivity index (χ4n) is 3.35. The van der Waals surface area contributed by atoms with E-state index in [1.165, 1.54) is 18.2 Å². The van der Waals surface area contributed by atoms with Gasteiger partial charge in [0, 0.05) is 0 Å². The van der Waals surface area contributed by atoms with Crippen molar-refractivity contribution < 1.29 is 30.2 Å². The second-order valence-electron chi connectivity index (χ2n) is 7.56. The van der Waals surface area contributed by atoms with E-state index in [1.807, 2.05) is 0 Å². The molecule has 11 heteroatoms. The van der Waals surface area contributed by atoms with E-state index in [2.05, 4.69) is 0 Å². The van der Waals surface area contributed by atoms with Crippen molar-refractivity contribution in [2.75, 3.05) is 19.0 Å². The summed E-state index contributed by atoms with van der Waals surface area (Å²) in [5, 5.41) is 16.4. The van der Waals surface area contributed by atoms with E-state index in [-0.39, 0.29) is 39.6 Å². The van der Waals surface area contributed by atoms with Gasteiger partial charge in [-0.2, -0.15) is 0 Å². The Balaban J connectivity index is 2.30. The quantitative estimate of drug-likeness (QED) is 0.283. The van der Waals surface area contributed by atoms with Crippen molar-refractivity contribution in [1.29, 1.82) is 5.41 Å². The molecule has 1 aromatic rings. The Bertz CT molecular complexity index is 906. The third-order valence-electron chi connectivity index (χ3n) is 5.47. The molecule has 30 heavy (non-hydrogen) atoms. The van der Waals surface area contributed by atoms with Crippen molar-refractivity contribution >= 4 is 38.1 Å². The number of nitrogens with one attached hydrogen (secondary N) is 1. The summed E-state index contributed by atoms with van der Waals surface area (Å²) >= 11 is -4.42. The zero-order valence-corrected chi connectivity index (χ0v) is 20.1. The number of aliphatic hydroxyl groups excluding tert-OH is 1. The van der Waals surface area contributed by atoms with Crippen molar-refractivity contribution in [2.24, 2.45) is 5.73 Å². The average Bonchev–Trinajstić information content (AvgIpc) is 2.67. The summed E-state index contributed by atoms with van der Waals surface area (Å²) < 4.78 is 70.1. The molecule has 1 aliphatic heterocycles. The minimum absolute atomic E-state index is 0.0873. The Morgan fingerprint density at radius 3 is 2.77 bits per heavy atom. The molecular formula is C19H26F3N2O4SSb. The summed E-state index contributed by atoms with van der Waals surface area (Å²) in [5.74, 6) is -0.0873. The summed E-state index contributed by atoms with van der Waals surface area (Å²) in [6, 6.07) is 4.68. The maximum absolute atomic E-state index is 13.8. The molecule has 4 N–H and O–H groups in total. The van der Waals surface area contributed by atoms with Crippen LogP contribution in [0.5, 0.6) is 0 Å². The molecule has 0 radical (unpaired) electrons. The molecule has 2 rings (SSSR count). The molecule has 1 aromatic carbocycles. The Kier molecular flexibility index (Phi) is 8.04. The van der Waals surface area contributed by atoms with E-state index in [4.69, 9.17) is 21.0 Å². The number of hydrogen-bond donors (Lipinski definition) is 3. The number of aliphatic hydroxyl groups is 1. The molecule has 4 unspecified atom stereocenters. The second-order valence-corrected chi connectivity index (χ2v) is 18.9. The molecule has 1 fully saturated rings. The molecule has 0 aliphatic carbocycles. The Labute approximate surface area is 180 Å². The Hall–Kier alpha value is -1.09. The molecule has 0 saturated carbocycles. The van der Waals surface area contributed by atoms with Crippen LogP contribution in [0.3, 0.4) is 0 Å². The summed E-state index contributed by atoms with van der Waals surface area (Å²) in [4.78, 5) is 1.56. The number of ether oxygens (including phenoxy) is 1. The van der Waals surface area contributed by atoms with E-state index >= 15 is 0 Å². The van der Waals surface area contributed by atoms with Crippen LogP contribution in [-0.2, 0) is 24.7 Å². The first-order chi connectivity index (χ1) is 13.8. The number of benzene rings is 1. The SMILES string of the molecule is C[C]1([Sb]([CH3])(=[O])[c]2cccc(C(F)(F)F)c2)CCOC(/C(N)=C/C(=N)S(=O)CCO)C1. The van der Waals surface area contributed by atoms with Gasteiger partial charge < -0.3 is 0 Å². The number of alkyl halides is 3. The van der Waals surface area contributed by atoms with Crippen LogP contribution in [0.25, 0.3) is 0 Å². The van der Waals surface area contributed by atoms with Crippen LogP contribution in [0.4, 0.5) is 13.2 Å². The van der Waals surface area contributed by atoms with Crippen LogP contribution in [0.15, 0.2) is 36.0 Å². The summed E-state index contributed by atoms with van der Waals surface area (Å²) in [5.41, 5.74) is 5.35. The Morgan fingerprint density at radius 1 is 1.50 bits per heavy atom. The van der Waals surface area contributed by atoms with E-state index < -0.39 is 50.8 Å². The molecule has 168 valence electrons. The number of rotatable bonds is 6. The van der Waals surface area contributed by atoms with E-state index in [1.54, 1.807) is 11.8 Å². The fraction of sp³-hybridized carbons (Fsp3) is 0.526. The third kappa shape index (κ3) is 5.58. The van der Waals surface area contributed by atoms with Crippen LogP contribution >= 0.6 is 0 Å². The van der Waals surface area contributed by atoms with Gasteiger partial charge in [0.2, 0.25) is 0 Å². The monoisotopic (exact) mass is 556 g/mol. The molecule has 0 aromatic heterocycles. The van der Waals surface area contributed by atoms with Crippen LogP contribution in [0.2, 0.25) is 8.23 Å². The van der Waals surface area contributed by atoms with E-state index in [0.717, 1.165) is 12.1 Å². The summed E-state index contributed by atoms with van der Waals surface area (Å²) in [6.07, 6.45) is -3.37. The van der Waals surface area contributed by atoms with Gasteiger partial charge in [0.1, 0.15) is 0 Å². The van der Waals surface area contributed by atoms with Gasteiger partial charge in [0.25, 0.3) is 0 Å². The zero-order valence-electron chi connectivity index (χ0n) is 16.7. The maximum atomic E-state index is 13.8. The fourth-order valence-corrected chi connectivity index (χ4v) is 10.9. The van der Waals surface area contributed by atoms with E-state index in [9.17, 15) is 20.4 Å². The summed E-state index contributed by atoms with van der Waals surface area (Å²) in [6.45, 7) is 1.66. The van der Waals surface area contributed by atoms with Gasteiger partial charge in [-0.05, 0) is 0 Å². The number of nitrogens with two attached hydrogens (primary N) is 1. The van der Waals surface area contributed by atoms with Crippen LogP contribution < -0.4 is 9.24 Å². The van der Waals surface area contributed by atoms with Crippen molar-refractivity contribution in [1.82, 2.24) is 0 Å². The minimum atomic E-state index is -4.52. The zero-order chi connectivity index (χ0) is 22.7. The third-order valence-corrected chi connectivity index (χ3v) is 17.3. The number of halogens is 3. The van der Waals surface area contributed by atoms with Crippen molar-refractivity contribution in [2.45, 2.75) is 40.3 Å². The summed E-state index contributed by atoms with van der Waals surface area (Å²) in [7, 11) is -1.70. The predicted octanol–water partition coefficient (Wildman–Crippen LogP) is 2.42. The predicted molar refractivity (Wildman–Crippen MR) is 111 cm³/mol.